The molecule has 0 saturated heterocycles. The van der Waals surface area contributed by atoms with Crippen molar-refractivity contribution < 1.29 is 17.4 Å². The van der Waals surface area contributed by atoms with E-state index in [1.807, 2.05) is 0 Å². The van der Waals surface area contributed by atoms with Crippen LogP contribution in [0.5, 0.6) is 0 Å². The number of benzene rings is 1. The molecule has 0 saturated carbocycles. The molecule has 70 valence electrons. The van der Waals surface area contributed by atoms with E-state index in [0.717, 1.165) is 18.3 Å². The average Bonchev–Trinajstić information content (AvgIpc) is 2.02. The molecule has 1 N–H and O–H groups in total. The molecule has 0 aliphatic carbocycles. The van der Waals surface area contributed by atoms with Crippen LogP contribution in [0.25, 0.3) is 0 Å². The smallest absolute Gasteiger partial charge is 0.268 e. The van der Waals surface area contributed by atoms with Gasteiger partial charge in [0.05, 0.1) is 0 Å². The van der Waals surface area contributed by atoms with Gasteiger partial charge in [0.25, 0.3) is 0 Å². The molecule has 0 fully saturated rings. The Hall–Kier alpha value is -1.27. The van der Waals surface area contributed by atoms with E-state index in [-0.39, 0.29) is 0 Å². The molecule has 6 heteroatoms. The van der Waals surface area contributed by atoms with Crippen molar-refractivity contribution in [2.24, 2.45) is 4.40 Å². The first-order valence-electron chi connectivity index (χ1n) is 3.26. The van der Waals surface area contributed by atoms with Crippen molar-refractivity contribution in [3.8, 4) is 0 Å². The number of halogens is 1. The van der Waals surface area contributed by atoms with Crippen LogP contribution >= 0.6 is 0 Å². The first-order chi connectivity index (χ1) is 5.97. The van der Waals surface area contributed by atoms with Gasteiger partial charge in [0.1, 0.15) is 5.82 Å². The summed E-state index contributed by atoms with van der Waals surface area (Å²) in [5.41, 5.74) is 0.388. The van der Waals surface area contributed by atoms with Gasteiger partial charge in [-0.15, -0.1) is 4.40 Å². The van der Waals surface area contributed by atoms with Crippen molar-refractivity contribution in [2.45, 2.75) is 0 Å². The molecule has 0 amide bonds. The van der Waals surface area contributed by atoms with Gasteiger partial charge in [-0.1, -0.05) is 12.1 Å². The summed E-state index contributed by atoms with van der Waals surface area (Å²) in [7, 11) is -4.36. The summed E-state index contributed by atoms with van der Waals surface area (Å²) in [6, 6.07) is 4.99. The number of rotatable bonds is 2. The Kier molecular flexibility index (Phi) is 2.74. The highest BCUT2D eigenvalue weighted by molar-refractivity contribution is 7.84. The quantitative estimate of drug-likeness (QED) is 0.577. The highest BCUT2D eigenvalue weighted by atomic mass is 32.2. The molecule has 0 aliphatic rings. The minimum atomic E-state index is -4.36. The molecule has 1 aromatic carbocycles. The van der Waals surface area contributed by atoms with E-state index in [4.69, 9.17) is 4.55 Å². The number of hydrogen-bond acceptors (Lipinski definition) is 2. The Morgan fingerprint density at radius 2 is 1.85 bits per heavy atom. The van der Waals surface area contributed by atoms with Crippen LogP contribution in [0.4, 0.5) is 4.39 Å². The van der Waals surface area contributed by atoms with E-state index >= 15 is 0 Å². The van der Waals surface area contributed by atoms with Gasteiger partial charge in [-0.05, 0) is 17.7 Å². The summed E-state index contributed by atoms with van der Waals surface area (Å²) in [6.07, 6.45) is 0.925. The summed E-state index contributed by atoms with van der Waals surface area (Å²) in [6.45, 7) is 0. The molecule has 1 aromatic rings. The Labute approximate surface area is 74.6 Å². The molecule has 0 aromatic heterocycles. The van der Waals surface area contributed by atoms with Crippen molar-refractivity contribution in [3.05, 3.63) is 35.6 Å². The van der Waals surface area contributed by atoms with Gasteiger partial charge in [-0.3, -0.25) is 4.55 Å². The molecule has 0 heterocycles. The summed E-state index contributed by atoms with van der Waals surface area (Å²) in [4.78, 5) is 0. The van der Waals surface area contributed by atoms with Gasteiger partial charge in [0.15, 0.2) is 0 Å². The zero-order valence-electron chi connectivity index (χ0n) is 6.38. The van der Waals surface area contributed by atoms with Gasteiger partial charge in [0, 0.05) is 6.21 Å². The predicted octanol–water partition coefficient (Wildman–Crippen LogP) is 1.05. The SMILES string of the molecule is O=S(=O)(O)/N=C/c1ccc(F)cc1. The summed E-state index contributed by atoms with van der Waals surface area (Å²) >= 11 is 0. The first kappa shape index (κ1) is 9.82. The molecule has 4 nitrogen and oxygen atoms in total. The van der Waals surface area contributed by atoms with Crippen LogP contribution in [0.2, 0.25) is 0 Å². The van der Waals surface area contributed by atoms with Crippen LogP contribution < -0.4 is 0 Å². The zero-order valence-corrected chi connectivity index (χ0v) is 7.20. The van der Waals surface area contributed by atoms with Gasteiger partial charge < -0.3 is 0 Å². The zero-order chi connectivity index (χ0) is 9.90. The van der Waals surface area contributed by atoms with E-state index in [9.17, 15) is 12.8 Å². The maximum Gasteiger partial charge on any atom is 0.378 e. The van der Waals surface area contributed by atoms with Crippen LogP contribution in [-0.4, -0.2) is 19.2 Å². The fourth-order valence-electron chi connectivity index (χ4n) is 0.676. The van der Waals surface area contributed by atoms with Crippen LogP contribution in [0.1, 0.15) is 5.56 Å². The van der Waals surface area contributed by atoms with Crippen molar-refractivity contribution in [1.82, 2.24) is 0 Å². The van der Waals surface area contributed by atoms with Gasteiger partial charge in [-0.2, -0.15) is 8.42 Å². The Bertz CT molecular complexity index is 410. The first-order valence-corrected chi connectivity index (χ1v) is 4.65. The standard InChI is InChI=1S/C7H6FNO3S/c8-7-3-1-6(2-4-7)5-9-13(10,11)12/h1-5H,(H,10,11,12)/b9-5+. The topological polar surface area (TPSA) is 66.7 Å². The second kappa shape index (κ2) is 3.63. The molecule has 0 aliphatic heterocycles. The molecule has 0 spiro atoms. The molecular formula is C7H6FNO3S. The third-order valence-corrected chi connectivity index (χ3v) is 1.58. The Balaban J connectivity index is 2.88. The van der Waals surface area contributed by atoms with E-state index < -0.39 is 16.1 Å². The number of hydrogen-bond donors (Lipinski definition) is 1. The van der Waals surface area contributed by atoms with Crippen molar-refractivity contribution in [1.29, 1.82) is 0 Å². The van der Waals surface area contributed by atoms with Crippen LogP contribution in [0.15, 0.2) is 28.7 Å². The minimum Gasteiger partial charge on any atom is -0.268 e. The highest BCUT2D eigenvalue weighted by Crippen LogP contribution is 2.00. The number of nitrogens with zero attached hydrogens (tertiary/aromatic N) is 1. The van der Waals surface area contributed by atoms with Crippen LogP contribution in [0, 0.1) is 5.82 Å². The monoisotopic (exact) mass is 203 g/mol. The third-order valence-electron chi connectivity index (χ3n) is 1.20. The predicted molar refractivity (Wildman–Crippen MR) is 45.5 cm³/mol. The van der Waals surface area contributed by atoms with Crippen LogP contribution in [-0.2, 0) is 10.3 Å². The normalized spacial score (nSPS) is 12.2. The molecule has 0 atom stereocenters. The van der Waals surface area contributed by atoms with E-state index in [0.29, 0.717) is 5.56 Å². The highest BCUT2D eigenvalue weighted by Gasteiger charge is 1.96. The molecule has 1 rings (SSSR count). The fraction of sp³-hybridized carbons (Fsp3) is 0. The van der Waals surface area contributed by atoms with Crippen molar-refractivity contribution >= 4 is 16.5 Å². The summed E-state index contributed by atoms with van der Waals surface area (Å²) in [5.74, 6) is -0.427. The summed E-state index contributed by atoms with van der Waals surface area (Å²) in [5, 5.41) is 0. The maximum absolute atomic E-state index is 12.3. The maximum atomic E-state index is 12.3. The largest absolute Gasteiger partial charge is 0.378 e. The van der Waals surface area contributed by atoms with Crippen LogP contribution in [0.3, 0.4) is 0 Å². The molecule has 0 unspecified atom stereocenters. The molecule has 13 heavy (non-hydrogen) atoms. The van der Waals surface area contributed by atoms with Crippen molar-refractivity contribution in [3.63, 3.8) is 0 Å². The Morgan fingerprint density at radius 3 is 2.31 bits per heavy atom. The lowest BCUT2D eigenvalue weighted by atomic mass is 10.2. The van der Waals surface area contributed by atoms with E-state index in [2.05, 4.69) is 4.40 Å². The van der Waals surface area contributed by atoms with E-state index in [1.165, 1.54) is 12.1 Å². The van der Waals surface area contributed by atoms with E-state index in [1.54, 1.807) is 0 Å². The lowest BCUT2D eigenvalue weighted by Gasteiger charge is -1.90. The Morgan fingerprint density at radius 1 is 1.31 bits per heavy atom. The molecular weight excluding hydrogens is 197 g/mol. The lowest BCUT2D eigenvalue weighted by molar-refractivity contribution is 0.485. The third kappa shape index (κ3) is 3.77. The molecule has 0 radical (unpaired) electrons. The minimum absolute atomic E-state index is 0.388. The fourth-order valence-corrected chi connectivity index (χ4v) is 0.931. The average molecular weight is 203 g/mol. The molecule has 0 bridgehead atoms. The summed E-state index contributed by atoms with van der Waals surface area (Å²) < 4.78 is 43.7. The van der Waals surface area contributed by atoms with Gasteiger partial charge in [0.2, 0.25) is 0 Å². The second-order valence-electron chi connectivity index (χ2n) is 2.23. The second-order valence-corrected chi connectivity index (χ2v) is 3.34. The lowest BCUT2D eigenvalue weighted by Crippen LogP contribution is -1.92. The van der Waals surface area contributed by atoms with Gasteiger partial charge in [-0.25, -0.2) is 4.39 Å². The van der Waals surface area contributed by atoms with Crippen molar-refractivity contribution in [2.75, 3.05) is 0 Å². The van der Waals surface area contributed by atoms with Gasteiger partial charge >= 0.3 is 10.3 Å².